The Morgan fingerprint density at radius 2 is 0.912 bits per heavy atom. The Labute approximate surface area is 399 Å². The molecular formula is C66H50N2. The Kier molecular flexibility index (Phi) is 8.95. The van der Waals surface area contributed by atoms with Crippen LogP contribution < -0.4 is 4.90 Å². The lowest BCUT2D eigenvalue weighted by molar-refractivity contribution is 0.660. The van der Waals surface area contributed by atoms with E-state index in [0.717, 1.165) is 17.1 Å². The molecular weight excluding hydrogens is 821 g/mol. The van der Waals surface area contributed by atoms with Crippen LogP contribution in [0.1, 0.15) is 49.9 Å². The molecule has 2 aliphatic rings. The number of benzene rings is 10. The SMILES string of the molecule is CC1(C)c2ccccc2-c2ccc(-c3cc(-c4ccccc4)ccc3N(c3ccc(-c4cccc5c4c4ccccc4n5-c4ccccc4)cc3)c3cccc4c3-c3ccccc3C4(C)C)cc21. The van der Waals surface area contributed by atoms with Crippen LogP contribution in [0.5, 0.6) is 0 Å². The van der Waals surface area contributed by atoms with Gasteiger partial charge in [-0.3, -0.25) is 0 Å². The molecule has 0 fully saturated rings. The molecule has 13 rings (SSSR count). The van der Waals surface area contributed by atoms with Crippen LogP contribution in [-0.4, -0.2) is 4.57 Å². The summed E-state index contributed by atoms with van der Waals surface area (Å²) in [4.78, 5) is 2.54. The monoisotopic (exact) mass is 870 g/mol. The van der Waals surface area contributed by atoms with Crippen molar-refractivity contribution in [1.29, 1.82) is 0 Å². The average Bonchev–Trinajstić information content (AvgIpc) is 3.94. The first-order chi connectivity index (χ1) is 33.3. The fourth-order valence-corrected chi connectivity index (χ4v) is 11.9. The number of para-hydroxylation sites is 2. The molecule has 0 radical (unpaired) electrons. The van der Waals surface area contributed by atoms with E-state index in [-0.39, 0.29) is 10.8 Å². The van der Waals surface area contributed by atoms with Crippen molar-refractivity contribution in [2.75, 3.05) is 4.90 Å². The van der Waals surface area contributed by atoms with Crippen LogP contribution in [0.4, 0.5) is 17.1 Å². The second-order valence-corrected chi connectivity index (χ2v) is 19.7. The van der Waals surface area contributed by atoms with Gasteiger partial charge in [0.1, 0.15) is 0 Å². The molecule has 0 saturated carbocycles. The quantitative estimate of drug-likeness (QED) is 0.155. The van der Waals surface area contributed by atoms with E-state index in [2.05, 4.69) is 268 Å². The molecule has 1 aromatic heterocycles. The molecule has 0 amide bonds. The molecule has 2 heteroatoms. The highest BCUT2D eigenvalue weighted by molar-refractivity contribution is 6.16. The third kappa shape index (κ3) is 5.97. The Morgan fingerprint density at radius 1 is 0.338 bits per heavy atom. The highest BCUT2D eigenvalue weighted by Gasteiger charge is 2.39. The molecule has 0 N–H and O–H groups in total. The van der Waals surface area contributed by atoms with E-state index in [0.29, 0.717) is 0 Å². The fraction of sp³-hybridized carbons (Fsp3) is 0.0909. The summed E-state index contributed by atoms with van der Waals surface area (Å²) in [6.07, 6.45) is 0. The van der Waals surface area contributed by atoms with Crippen molar-refractivity contribution in [3.05, 3.63) is 253 Å². The predicted octanol–water partition coefficient (Wildman–Crippen LogP) is 17.9. The van der Waals surface area contributed by atoms with Crippen LogP contribution in [0.2, 0.25) is 0 Å². The first kappa shape index (κ1) is 40.1. The van der Waals surface area contributed by atoms with Gasteiger partial charge in [0.05, 0.1) is 22.4 Å². The van der Waals surface area contributed by atoms with Gasteiger partial charge in [0.25, 0.3) is 0 Å². The van der Waals surface area contributed by atoms with Crippen molar-refractivity contribution < 1.29 is 0 Å². The predicted molar refractivity (Wildman–Crippen MR) is 287 cm³/mol. The van der Waals surface area contributed by atoms with Crippen LogP contribution in [0.3, 0.4) is 0 Å². The maximum atomic E-state index is 2.54. The molecule has 0 atom stereocenters. The maximum absolute atomic E-state index is 2.54. The zero-order valence-electron chi connectivity index (χ0n) is 38.8. The first-order valence-corrected chi connectivity index (χ1v) is 23.9. The molecule has 0 saturated heterocycles. The fourth-order valence-electron chi connectivity index (χ4n) is 11.9. The Bertz CT molecular complexity index is 3780. The van der Waals surface area contributed by atoms with Gasteiger partial charge in [0.15, 0.2) is 0 Å². The van der Waals surface area contributed by atoms with Gasteiger partial charge in [0.2, 0.25) is 0 Å². The summed E-state index contributed by atoms with van der Waals surface area (Å²) in [6.45, 7) is 9.51. The van der Waals surface area contributed by atoms with Crippen molar-refractivity contribution in [3.63, 3.8) is 0 Å². The van der Waals surface area contributed by atoms with Crippen molar-refractivity contribution in [2.24, 2.45) is 0 Å². The number of hydrogen-bond acceptors (Lipinski definition) is 1. The van der Waals surface area contributed by atoms with Gasteiger partial charge in [0, 0.05) is 44.1 Å². The third-order valence-corrected chi connectivity index (χ3v) is 15.2. The highest BCUT2D eigenvalue weighted by atomic mass is 15.1. The second-order valence-electron chi connectivity index (χ2n) is 19.7. The molecule has 2 nitrogen and oxygen atoms in total. The van der Waals surface area contributed by atoms with Crippen LogP contribution in [0.15, 0.2) is 231 Å². The summed E-state index contributed by atoms with van der Waals surface area (Å²) >= 11 is 0. The molecule has 1 heterocycles. The summed E-state index contributed by atoms with van der Waals surface area (Å²) < 4.78 is 2.40. The molecule has 324 valence electrons. The third-order valence-electron chi connectivity index (χ3n) is 15.2. The van der Waals surface area contributed by atoms with Gasteiger partial charge in [-0.05, 0) is 127 Å². The Morgan fingerprint density at radius 3 is 1.71 bits per heavy atom. The molecule has 0 bridgehead atoms. The van der Waals surface area contributed by atoms with Crippen molar-refractivity contribution in [3.8, 4) is 61.3 Å². The van der Waals surface area contributed by atoms with Gasteiger partial charge >= 0.3 is 0 Å². The summed E-state index contributed by atoms with van der Waals surface area (Å²) in [5.41, 5.74) is 24.6. The molecule has 68 heavy (non-hydrogen) atoms. The maximum Gasteiger partial charge on any atom is 0.0547 e. The summed E-state index contributed by atoms with van der Waals surface area (Å²) in [5, 5.41) is 2.51. The van der Waals surface area contributed by atoms with Crippen molar-refractivity contribution >= 4 is 38.9 Å². The zero-order chi connectivity index (χ0) is 45.7. The summed E-state index contributed by atoms with van der Waals surface area (Å²) in [6, 6.07) is 85.7. The number of nitrogens with zero attached hydrogens (tertiary/aromatic N) is 2. The minimum Gasteiger partial charge on any atom is -0.309 e. The lowest BCUT2D eigenvalue weighted by Gasteiger charge is -2.31. The largest absolute Gasteiger partial charge is 0.309 e. The van der Waals surface area contributed by atoms with Crippen molar-refractivity contribution in [1.82, 2.24) is 4.57 Å². The lowest BCUT2D eigenvalue weighted by atomic mass is 9.81. The summed E-state index contributed by atoms with van der Waals surface area (Å²) in [7, 11) is 0. The normalized spacial score (nSPS) is 13.8. The number of hydrogen-bond donors (Lipinski definition) is 0. The number of aromatic nitrogens is 1. The number of fused-ring (bicyclic) bond motifs is 9. The van der Waals surface area contributed by atoms with Gasteiger partial charge < -0.3 is 9.47 Å². The van der Waals surface area contributed by atoms with E-state index in [4.69, 9.17) is 0 Å². The van der Waals surface area contributed by atoms with E-state index < -0.39 is 0 Å². The molecule has 2 aliphatic carbocycles. The van der Waals surface area contributed by atoms with Crippen LogP contribution >= 0.6 is 0 Å². The Balaban J connectivity index is 1.04. The van der Waals surface area contributed by atoms with Crippen molar-refractivity contribution in [2.45, 2.75) is 38.5 Å². The smallest absolute Gasteiger partial charge is 0.0547 e. The van der Waals surface area contributed by atoms with Gasteiger partial charge in [-0.2, -0.15) is 0 Å². The summed E-state index contributed by atoms with van der Waals surface area (Å²) in [5.74, 6) is 0. The van der Waals surface area contributed by atoms with Crippen LogP contribution in [0.25, 0.3) is 83.1 Å². The first-order valence-electron chi connectivity index (χ1n) is 23.9. The highest BCUT2D eigenvalue weighted by Crippen LogP contribution is 2.56. The molecule has 0 aliphatic heterocycles. The second kappa shape index (κ2) is 15.2. The van der Waals surface area contributed by atoms with E-state index in [9.17, 15) is 0 Å². The minimum atomic E-state index is -0.157. The van der Waals surface area contributed by atoms with E-state index in [1.807, 2.05) is 0 Å². The van der Waals surface area contributed by atoms with Gasteiger partial charge in [-0.25, -0.2) is 0 Å². The standard InChI is InChI=1S/C66H50N2/c1-65(2)56-28-15-12-24-52(56)64-57(65)29-18-32-62(64)68(48-37-33-44(34-38-48)49-26-17-31-61-63(49)53-25-13-16-30-59(53)67(61)47-21-9-6-10-22-47)60-40-36-45(43-19-7-5-8-20-43)41-54(60)46-35-39-51-50-23-11-14-27-55(50)66(3,4)58(51)42-46/h5-42H,1-4H3. The number of anilines is 3. The average molecular weight is 871 g/mol. The van der Waals surface area contributed by atoms with Crippen LogP contribution in [-0.2, 0) is 10.8 Å². The Hall–Kier alpha value is -8.20. The van der Waals surface area contributed by atoms with Gasteiger partial charge in [-0.15, -0.1) is 0 Å². The molecule has 10 aromatic carbocycles. The topological polar surface area (TPSA) is 8.17 Å². The molecule has 0 unspecified atom stereocenters. The van der Waals surface area contributed by atoms with Crippen LogP contribution in [0, 0.1) is 0 Å². The van der Waals surface area contributed by atoms with E-state index >= 15 is 0 Å². The lowest BCUT2D eigenvalue weighted by Crippen LogP contribution is -2.16. The minimum absolute atomic E-state index is 0.138. The molecule has 0 spiro atoms. The van der Waals surface area contributed by atoms with E-state index in [1.165, 1.54) is 105 Å². The van der Waals surface area contributed by atoms with Gasteiger partial charge in [-0.1, -0.05) is 198 Å². The zero-order valence-corrected chi connectivity index (χ0v) is 38.8. The van der Waals surface area contributed by atoms with E-state index in [1.54, 1.807) is 0 Å². The molecule has 11 aromatic rings. The number of rotatable bonds is 7.